The molecule has 134 valence electrons. The molecule has 0 radical (unpaired) electrons. The lowest BCUT2D eigenvalue weighted by molar-refractivity contribution is 0.194. The second-order valence-corrected chi connectivity index (χ2v) is 5.68. The number of fused-ring (bicyclic) bond motifs is 1. The van der Waals surface area contributed by atoms with Gasteiger partial charge in [-0.25, -0.2) is 9.78 Å². The Morgan fingerprint density at radius 2 is 2.23 bits per heavy atom. The lowest BCUT2D eigenvalue weighted by Gasteiger charge is -2.08. The number of hydrogen-bond acceptors (Lipinski definition) is 5. The van der Waals surface area contributed by atoms with E-state index in [4.69, 9.17) is 14.3 Å². The van der Waals surface area contributed by atoms with Crippen molar-refractivity contribution in [2.45, 2.75) is 13.3 Å². The molecule has 3 rings (SSSR count). The van der Waals surface area contributed by atoms with Crippen molar-refractivity contribution in [1.82, 2.24) is 15.3 Å². The van der Waals surface area contributed by atoms with Gasteiger partial charge in [-0.05, 0) is 31.6 Å². The lowest BCUT2D eigenvalue weighted by Crippen LogP contribution is -2.21. The van der Waals surface area contributed by atoms with E-state index in [0.29, 0.717) is 30.4 Å². The van der Waals surface area contributed by atoms with Crippen LogP contribution in [0.15, 0.2) is 41.0 Å². The number of ether oxygens (including phenoxy) is 1. The van der Waals surface area contributed by atoms with Crippen LogP contribution in [0.5, 0.6) is 5.75 Å². The maximum atomic E-state index is 10.4. The molecule has 0 saturated carbocycles. The molecule has 7 nitrogen and oxygen atoms in total. The van der Waals surface area contributed by atoms with E-state index in [-0.39, 0.29) is 0 Å². The van der Waals surface area contributed by atoms with E-state index in [2.05, 4.69) is 15.3 Å². The predicted octanol–water partition coefficient (Wildman–Crippen LogP) is 3.88. The summed E-state index contributed by atoms with van der Waals surface area (Å²) in [7, 11) is 1.60. The number of benzene rings is 1. The van der Waals surface area contributed by atoms with Crippen molar-refractivity contribution in [3.05, 3.63) is 48.1 Å². The van der Waals surface area contributed by atoms with Crippen molar-refractivity contribution in [3.63, 3.8) is 0 Å². The first-order valence-corrected chi connectivity index (χ1v) is 8.12. The van der Waals surface area contributed by atoms with Crippen molar-refractivity contribution < 1.29 is 19.1 Å². The Hall–Kier alpha value is -3.35. The highest BCUT2D eigenvalue weighted by Crippen LogP contribution is 2.34. The fourth-order valence-electron chi connectivity index (χ4n) is 2.55. The molecule has 2 N–H and O–H groups in total. The number of carbonyl (C=O) groups is 1. The molecule has 0 aliphatic heterocycles. The number of nitrogens with zero attached hydrogens (tertiary/aromatic N) is 2. The molecule has 0 aliphatic rings. The molecule has 1 aromatic carbocycles. The molecular weight excluding hydrogens is 334 g/mol. The molecule has 26 heavy (non-hydrogen) atoms. The number of methoxy groups -OCH3 is 1. The average Bonchev–Trinajstić information content (AvgIpc) is 3.08. The summed E-state index contributed by atoms with van der Waals surface area (Å²) < 4.78 is 11.3. The summed E-state index contributed by atoms with van der Waals surface area (Å²) in [6.45, 7) is 2.28. The molecular formula is C19H19N3O4. The Balaban J connectivity index is 1.83. The van der Waals surface area contributed by atoms with Crippen LogP contribution in [0.4, 0.5) is 4.79 Å². The SMILES string of the molecule is COc1cc2nc(C)ccc2cc1-c1cnc(C=CCCNC(=O)O)o1. The van der Waals surface area contributed by atoms with Gasteiger partial charge in [0.1, 0.15) is 5.75 Å². The van der Waals surface area contributed by atoms with Crippen LogP contribution >= 0.6 is 0 Å². The zero-order valence-corrected chi connectivity index (χ0v) is 14.5. The van der Waals surface area contributed by atoms with E-state index in [1.54, 1.807) is 25.5 Å². The van der Waals surface area contributed by atoms with Crippen molar-refractivity contribution in [2.75, 3.05) is 13.7 Å². The summed E-state index contributed by atoms with van der Waals surface area (Å²) >= 11 is 0. The van der Waals surface area contributed by atoms with E-state index < -0.39 is 6.09 Å². The maximum absolute atomic E-state index is 10.4. The number of aryl methyl sites for hydroxylation is 1. The highest BCUT2D eigenvalue weighted by molar-refractivity contribution is 5.87. The van der Waals surface area contributed by atoms with E-state index in [1.165, 1.54) is 0 Å². The summed E-state index contributed by atoms with van der Waals surface area (Å²) in [5, 5.41) is 11.8. The van der Waals surface area contributed by atoms with Gasteiger partial charge in [-0.15, -0.1) is 0 Å². The fraction of sp³-hybridized carbons (Fsp3) is 0.211. The van der Waals surface area contributed by atoms with Crippen molar-refractivity contribution in [2.24, 2.45) is 0 Å². The van der Waals surface area contributed by atoms with Gasteiger partial charge in [-0.3, -0.25) is 4.98 Å². The molecule has 7 heteroatoms. The third kappa shape index (κ3) is 4.00. The molecule has 0 atom stereocenters. The van der Waals surface area contributed by atoms with Crippen LogP contribution in [0.2, 0.25) is 0 Å². The van der Waals surface area contributed by atoms with E-state index in [0.717, 1.165) is 22.2 Å². The number of aromatic nitrogens is 2. The Morgan fingerprint density at radius 3 is 3.00 bits per heavy atom. The number of pyridine rings is 1. The summed E-state index contributed by atoms with van der Waals surface area (Å²) in [4.78, 5) is 19.1. The van der Waals surface area contributed by atoms with Gasteiger partial charge in [0.25, 0.3) is 0 Å². The molecule has 0 aliphatic carbocycles. The van der Waals surface area contributed by atoms with E-state index in [1.807, 2.05) is 31.2 Å². The molecule has 0 fully saturated rings. The van der Waals surface area contributed by atoms with Crippen molar-refractivity contribution >= 4 is 23.1 Å². The van der Waals surface area contributed by atoms with E-state index >= 15 is 0 Å². The summed E-state index contributed by atoms with van der Waals surface area (Å²) in [5.41, 5.74) is 2.60. The normalized spacial score (nSPS) is 11.2. The maximum Gasteiger partial charge on any atom is 0.404 e. The van der Waals surface area contributed by atoms with Gasteiger partial charge in [-0.1, -0.05) is 12.1 Å². The molecule has 0 saturated heterocycles. The number of hydrogen-bond donors (Lipinski definition) is 2. The minimum atomic E-state index is -1.04. The first-order chi connectivity index (χ1) is 12.6. The van der Waals surface area contributed by atoms with Gasteiger partial charge in [-0.2, -0.15) is 0 Å². The number of oxazole rings is 1. The van der Waals surface area contributed by atoms with Crippen LogP contribution in [0, 0.1) is 6.92 Å². The molecule has 0 unspecified atom stereocenters. The molecule has 3 aromatic rings. The number of rotatable bonds is 6. The van der Waals surface area contributed by atoms with E-state index in [9.17, 15) is 4.79 Å². The van der Waals surface area contributed by atoms with Gasteiger partial charge in [0.05, 0.1) is 24.4 Å². The Morgan fingerprint density at radius 1 is 1.38 bits per heavy atom. The van der Waals surface area contributed by atoms with Crippen molar-refractivity contribution in [1.29, 1.82) is 0 Å². The lowest BCUT2D eigenvalue weighted by atomic mass is 10.1. The largest absolute Gasteiger partial charge is 0.496 e. The van der Waals surface area contributed by atoms with Gasteiger partial charge in [0.2, 0.25) is 5.89 Å². The van der Waals surface area contributed by atoms with Crippen LogP contribution in [0.1, 0.15) is 18.0 Å². The molecule has 0 spiro atoms. The Labute approximate surface area is 150 Å². The standard InChI is InChI=1S/C19H19N3O4/c1-12-6-7-13-9-14(16(25-2)10-15(13)22-12)17-11-21-18(26-17)5-3-4-8-20-19(23)24/h3,5-7,9-11,20H,4,8H2,1-2H3,(H,23,24). The highest BCUT2D eigenvalue weighted by atomic mass is 16.5. The quantitative estimate of drug-likeness (QED) is 0.653. The number of carboxylic acid groups (broad SMARTS) is 1. The topological polar surface area (TPSA) is 97.5 Å². The molecule has 2 aromatic heterocycles. The molecule has 2 heterocycles. The van der Waals surface area contributed by atoms with Gasteiger partial charge < -0.3 is 19.6 Å². The fourth-order valence-corrected chi connectivity index (χ4v) is 2.55. The van der Waals surface area contributed by atoms with Crippen LogP contribution < -0.4 is 10.1 Å². The predicted molar refractivity (Wildman–Crippen MR) is 98.2 cm³/mol. The average molecular weight is 353 g/mol. The number of amides is 1. The molecule has 1 amide bonds. The van der Waals surface area contributed by atoms with Crippen LogP contribution in [0.3, 0.4) is 0 Å². The molecule has 0 bridgehead atoms. The summed E-state index contributed by atoms with van der Waals surface area (Å²) in [6.07, 6.45) is 4.67. The third-order valence-corrected chi connectivity index (χ3v) is 3.79. The summed E-state index contributed by atoms with van der Waals surface area (Å²) in [6, 6.07) is 7.81. The Bertz CT molecular complexity index is 963. The highest BCUT2D eigenvalue weighted by Gasteiger charge is 2.13. The van der Waals surface area contributed by atoms with Crippen LogP contribution in [-0.2, 0) is 0 Å². The van der Waals surface area contributed by atoms with Gasteiger partial charge >= 0.3 is 6.09 Å². The third-order valence-electron chi connectivity index (χ3n) is 3.79. The number of nitrogens with one attached hydrogen (secondary N) is 1. The van der Waals surface area contributed by atoms with Crippen LogP contribution in [0.25, 0.3) is 28.3 Å². The minimum absolute atomic E-state index is 0.338. The Kier molecular flexibility index (Phi) is 5.17. The first-order valence-electron chi connectivity index (χ1n) is 8.12. The monoisotopic (exact) mass is 353 g/mol. The zero-order valence-electron chi connectivity index (χ0n) is 14.5. The smallest absolute Gasteiger partial charge is 0.404 e. The summed E-state index contributed by atoms with van der Waals surface area (Å²) in [5.74, 6) is 1.69. The second kappa shape index (κ2) is 7.69. The van der Waals surface area contributed by atoms with Crippen molar-refractivity contribution in [3.8, 4) is 17.1 Å². The van der Waals surface area contributed by atoms with Gasteiger partial charge in [0.15, 0.2) is 5.76 Å². The van der Waals surface area contributed by atoms with Gasteiger partial charge in [0, 0.05) is 23.7 Å². The zero-order chi connectivity index (χ0) is 18.5. The first kappa shape index (κ1) is 17.5. The second-order valence-electron chi connectivity index (χ2n) is 5.68. The minimum Gasteiger partial charge on any atom is -0.496 e. The van der Waals surface area contributed by atoms with Crippen LogP contribution in [-0.4, -0.2) is 34.8 Å².